The van der Waals surface area contributed by atoms with Crippen LogP contribution in [0.4, 0.5) is 5.69 Å². The molecule has 1 fully saturated rings. The van der Waals surface area contributed by atoms with Crippen LogP contribution in [0.2, 0.25) is 0 Å². The van der Waals surface area contributed by atoms with Crippen molar-refractivity contribution in [3.63, 3.8) is 0 Å². The highest BCUT2D eigenvalue weighted by atomic mass is 32.2. The van der Waals surface area contributed by atoms with Gasteiger partial charge in [0.15, 0.2) is 0 Å². The third kappa shape index (κ3) is 6.06. The van der Waals surface area contributed by atoms with E-state index in [4.69, 9.17) is 5.26 Å². The number of benzene rings is 2. The third-order valence-corrected chi connectivity index (χ3v) is 5.60. The molecule has 1 heterocycles. The molecule has 7 nitrogen and oxygen atoms in total. The van der Waals surface area contributed by atoms with Crippen LogP contribution in [-0.4, -0.2) is 60.7 Å². The number of anilines is 1. The molecule has 0 spiro atoms. The minimum atomic E-state index is -0.195. The molecule has 2 N–H and O–H groups in total. The molecule has 150 valence electrons. The Kier molecular flexibility index (Phi) is 7.25. The fraction of sp³-hybridized carbons (Fsp3) is 0.286. The van der Waals surface area contributed by atoms with E-state index in [0.29, 0.717) is 16.8 Å². The summed E-state index contributed by atoms with van der Waals surface area (Å²) in [6.07, 6.45) is 0. The molecule has 1 saturated heterocycles. The van der Waals surface area contributed by atoms with E-state index in [1.54, 1.807) is 30.3 Å². The maximum atomic E-state index is 12.7. The van der Waals surface area contributed by atoms with Gasteiger partial charge in [-0.3, -0.25) is 15.0 Å². The fourth-order valence-corrected chi connectivity index (χ4v) is 3.76. The zero-order valence-electron chi connectivity index (χ0n) is 16.2. The van der Waals surface area contributed by atoms with Gasteiger partial charge in [0, 0.05) is 36.8 Å². The summed E-state index contributed by atoms with van der Waals surface area (Å²) in [5.41, 5.74) is 4.58. The summed E-state index contributed by atoms with van der Waals surface area (Å²) >= 11 is 1.31. The first-order chi connectivity index (χ1) is 14.0. The van der Waals surface area contributed by atoms with Crippen LogP contribution in [-0.2, 0) is 4.79 Å². The number of hydrogen-bond donors (Lipinski definition) is 2. The van der Waals surface area contributed by atoms with E-state index >= 15 is 0 Å². The Balaban J connectivity index is 1.57. The van der Waals surface area contributed by atoms with Crippen LogP contribution in [0, 0.1) is 11.3 Å². The van der Waals surface area contributed by atoms with E-state index < -0.39 is 0 Å². The number of carbonyl (C=O) groups is 2. The monoisotopic (exact) mass is 409 g/mol. The van der Waals surface area contributed by atoms with Gasteiger partial charge in [-0.2, -0.15) is 5.26 Å². The highest BCUT2D eigenvalue weighted by Crippen LogP contribution is 2.23. The Morgan fingerprint density at radius 1 is 1.10 bits per heavy atom. The Morgan fingerprint density at radius 3 is 2.62 bits per heavy atom. The van der Waals surface area contributed by atoms with Crippen LogP contribution in [0.15, 0.2) is 53.4 Å². The minimum Gasteiger partial charge on any atom is -0.325 e. The normalized spacial score (nSPS) is 14.8. The van der Waals surface area contributed by atoms with Gasteiger partial charge in [0.2, 0.25) is 5.91 Å². The minimum absolute atomic E-state index is 0.162. The first kappa shape index (κ1) is 20.9. The molecule has 0 bridgehead atoms. The quantitative estimate of drug-likeness (QED) is 0.711. The second-order valence-corrected chi connectivity index (χ2v) is 7.77. The van der Waals surface area contributed by atoms with E-state index in [0.717, 1.165) is 31.1 Å². The molecule has 2 aromatic carbocycles. The average molecular weight is 410 g/mol. The molecule has 1 aliphatic rings. The smallest absolute Gasteiger partial charge is 0.266 e. The molecule has 0 atom stereocenters. The van der Waals surface area contributed by atoms with Crippen LogP contribution in [0.25, 0.3) is 0 Å². The molecule has 3 rings (SSSR count). The van der Waals surface area contributed by atoms with E-state index in [-0.39, 0.29) is 17.6 Å². The summed E-state index contributed by atoms with van der Waals surface area (Å²) in [7, 11) is 2.06. The number of hydrogen-bond acceptors (Lipinski definition) is 6. The average Bonchev–Trinajstić information content (AvgIpc) is 2.74. The van der Waals surface area contributed by atoms with Crippen molar-refractivity contribution in [2.24, 2.45) is 0 Å². The lowest BCUT2D eigenvalue weighted by molar-refractivity contribution is -0.113. The van der Waals surface area contributed by atoms with Crippen molar-refractivity contribution in [2.75, 3.05) is 44.3 Å². The molecule has 0 radical (unpaired) electrons. The zero-order valence-corrected chi connectivity index (χ0v) is 17.0. The molecule has 1 aliphatic heterocycles. The fourth-order valence-electron chi connectivity index (χ4n) is 2.91. The summed E-state index contributed by atoms with van der Waals surface area (Å²) in [6, 6.07) is 16.1. The number of piperazine rings is 1. The van der Waals surface area contributed by atoms with Gasteiger partial charge >= 0.3 is 0 Å². The van der Waals surface area contributed by atoms with Crippen LogP contribution in [0.5, 0.6) is 0 Å². The molecule has 0 saturated carbocycles. The largest absolute Gasteiger partial charge is 0.325 e. The van der Waals surface area contributed by atoms with Crippen molar-refractivity contribution >= 4 is 29.3 Å². The second kappa shape index (κ2) is 10.1. The third-order valence-electron chi connectivity index (χ3n) is 4.53. The van der Waals surface area contributed by atoms with Crippen LogP contribution < -0.4 is 10.7 Å². The number of rotatable bonds is 6. The van der Waals surface area contributed by atoms with Gasteiger partial charge in [-0.15, -0.1) is 11.8 Å². The second-order valence-electron chi connectivity index (χ2n) is 6.76. The molecule has 2 aromatic rings. The molecule has 2 amide bonds. The lowest BCUT2D eigenvalue weighted by Crippen LogP contribution is -2.52. The number of amides is 2. The van der Waals surface area contributed by atoms with Crippen molar-refractivity contribution in [2.45, 2.75) is 4.90 Å². The Bertz CT molecular complexity index is 919. The number of hydrazine groups is 1. The highest BCUT2D eigenvalue weighted by Gasteiger charge is 2.18. The van der Waals surface area contributed by atoms with Gasteiger partial charge in [0.1, 0.15) is 0 Å². The van der Waals surface area contributed by atoms with E-state index in [1.807, 2.05) is 29.3 Å². The zero-order chi connectivity index (χ0) is 20.6. The topological polar surface area (TPSA) is 88.5 Å². The molecule has 8 heteroatoms. The van der Waals surface area contributed by atoms with E-state index in [9.17, 15) is 9.59 Å². The van der Waals surface area contributed by atoms with Gasteiger partial charge in [0.25, 0.3) is 5.91 Å². The highest BCUT2D eigenvalue weighted by molar-refractivity contribution is 8.00. The summed E-state index contributed by atoms with van der Waals surface area (Å²) in [6.45, 7) is 3.37. The lowest BCUT2D eigenvalue weighted by Gasteiger charge is -2.32. The van der Waals surface area contributed by atoms with Crippen molar-refractivity contribution < 1.29 is 9.59 Å². The van der Waals surface area contributed by atoms with Crippen molar-refractivity contribution in [1.82, 2.24) is 15.3 Å². The maximum Gasteiger partial charge on any atom is 0.266 e. The standard InChI is InChI=1S/C21H23N5O2S/c1-25-9-11-26(12-10-25)24-21(28)18-7-2-3-8-19(18)29-15-20(27)23-17-6-4-5-16(13-17)14-22/h2-8,13H,9-12,15H2,1H3,(H,23,27)(H,24,28). The maximum absolute atomic E-state index is 12.7. The van der Waals surface area contributed by atoms with Gasteiger partial charge in [-0.1, -0.05) is 18.2 Å². The van der Waals surface area contributed by atoms with Crippen LogP contribution in [0.1, 0.15) is 15.9 Å². The molecular formula is C21H23N5O2S. The summed E-state index contributed by atoms with van der Waals surface area (Å²) in [5, 5.41) is 13.7. The summed E-state index contributed by atoms with van der Waals surface area (Å²) < 4.78 is 0. The number of likely N-dealkylation sites (N-methyl/N-ethyl adjacent to an activating group) is 1. The van der Waals surface area contributed by atoms with E-state index in [2.05, 4.69) is 22.7 Å². The predicted octanol–water partition coefficient (Wildman–Crippen LogP) is 2.18. The van der Waals surface area contributed by atoms with Crippen LogP contribution in [0.3, 0.4) is 0 Å². The molecule has 0 aromatic heterocycles. The molecular weight excluding hydrogens is 386 g/mol. The van der Waals surface area contributed by atoms with Crippen LogP contribution >= 0.6 is 11.8 Å². The number of nitrogens with zero attached hydrogens (tertiary/aromatic N) is 3. The number of nitrogens with one attached hydrogen (secondary N) is 2. The number of carbonyl (C=O) groups excluding carboxylic acids is 2. The molecule has 0 unspecified atom stereocenters. The first-order valence-electron chi connectivity index (χ1n) is 9.31. The van der Waals surface area contributed by atoms with Gasteiger partial charge in [0.05, 0.1) is 22.9 Å². The van der Waals surface area contributed by atoms with Gasteiger partial charge < -0.3 is 10.2 Å². The predicted molar refractivity (Wildman–Crippen MR) is 113 cm³/mol. The molecule has 0 aliphatic carbocycles. The Hall–Kier alpha value is -2.86. The Morgan fingerprint density at radius 2 is 1.86 bits per heavy atom. The summed E-state index contributed by atoms with van der Waals surface area (Å²) in [4.78, 5) is 28.0. The Labute approximate surface area is 174 Å². The van der Waals surface area contributed by atoms with Crippen molar-refractivity contribution in [1.29, 1.82) is 5.26 Å². The first-order valence-corrected chi connectivity index (χ1v) is 10.3. The SMILES string of the molecule is CN1CCN(NC(=O)c2ccccc2SCC(=O)Nc2cccc(C#N)c2)CC1. The number of thioether (sulfide) groups is 1. The molecule has 29 heavy (non-hydrogen) atoms. The van der Waals surface area contributed by atoms with Gasteiger partial charge in [-0.05, 0) is 37.4 Å². The van der Waals surface area contributed by atoms with Crippen molar-refractivity contribution in [3.05, 3.63) is 59.7 Å². The summed E-state index contributed by atoms with van der Waals surface area (Å²) in [5.74, 6) is -0.200. The number of nitriles is 1. The van der Waals surface area contributed by atoms with Gasteiger partial charge in [-0.25, -0.2) is 5.01 Å². The lowest BCUT2D eigenvalue weighted by atomic mass is 10.2. The van der Waals surface area contributed by atoms with E-state index in [1.165, 1.54) is 11.8 Å². The van der Waals surface area contributed by atoms with Crippen molar-refractivity contribution in [3.8, 4) is 6.07 Å².